The van der Waals surface area contributed by atoms with Gasteiger partial charge in [0.05, 0.1) is 24.6 Å². The summed E-state index contributed by atoms with van der Waals surface area (Å²) >= 11 is 0. The van der Waals surface area contributed by atoms with Crippen molar-refractivity contribution in [3.63, 3.8) is 0 Å². The molecule has 2 aromatic carbocycles. The Morgan fingerprint density at radius 3 is 2.58 bits per heavy atom. The van der Waals surface area contributed by atoms with Crippen LogP contribution in [0, 0.1) is 0 Å². The summed E-state index contributed by atoms with van der Waals surface area (Å²) in [6.07, 6.45) is 11.8. The van der Waals surface area contributed by atoms with E-state index in [1.54, 1.807) is 7.11 Å². The normalized spacial score (nSPS) is 14.8. The molecule has 6 nitrogen and oxygen atoms in total. The number of allylic oxidation sites excluding steroid dienone is 4. The van der Waals surface area contributed by atoms with Crippen molar-refractivity contribution in [3.05, 3.63) is 103 Å². The lowest BCUT2D eigenvalue weighted by molar-refractivity contribution is -0.652. The molecule has 4 aromatic rings. The van der Waals surface area contributed by atoms with Gasteiger partial charge in [-0.05, 0) is 36.4 Å². The molecule has 0 atom stereocenters. The molecule has 1 aliphatic rings. The lowest BCUT2D eigenvalue weighted by Crippen LogP contribution is -2.29. The minimum atomic E-state index is 0.760. The Hall–Kier alpha value is -4.32. The van der Waals surface area contributed by atoms with Crippen LogP contribution in [-0.2, 0) is 7.05 Å². The molecule has 5 rings (SSSR count). The number of aryl methyl sites for hydroxylation is 1. The van der Waals surface area contributed by atoms with Crippen LogP contribution in [0.4, 0.5) is 17.2 Å². The molecule has 0 unspecified atom stereocenters. The number of pyridine rings is 1. The van der Waals surface area contributed by atoms with Crippen molar-refractivity contribution in [1.82, 2.24) is 4.98 Å². The first-order chi connectivity index (χ1) is 16.2. The smallest absolute Gasteiger partial charge is 0.373 e. The van der Waals surface area contributed by atoms with Crippen molar-refractivity contribution in [3.8, 4) is 5.75 Å². The van der Waals surface area contributed by atoms with E-state index in [0.29, 0.717) is 0 Å². The minimum Gasteiger partial charge on any atom is -0.497 e. The maximum Gasteiger partial charge on any atom is 0.373 e. The van der Waals surface area contributed by atoms with E-state index in [2.05, 4.69) is 46.1 Å². The molecule has 3 heterocycles. The molecule has 0 saturated carbocycles. The number of para-hydroxylation sites is 2. The predicted octanol–water partition coefficient (Wildman–Crippen LogP) is 5.36. The molecular weight excluding hydrogens is 412 g/mol. The van der Waals surface area contributed by atoms with E-state index in [-0.39, 0.29) is 0 Å². The van der Waals surface area contributed by atoms with Gasteiger partial charge < -0.3 is 14.1 Å². The van der Waals surface area contributed by atoms with E-state index in [4.69, 9.17) is 9.15 Å². The highest BCUT2D eigenvalue weighted by atomic mass is 16.5. The molecule has 0 radical (unpaired) electrons. The van der Waals surface area contributed by atoms with Crippen molar-refractivity contribution in [2.75, 3.05) is 24.0 Å². The predicted molar refractivity (Wildman–Crippen MR) is 131 cm³/mol. The molecule has 2 aromatic heterocycles. The number of methoxy groups -OCH3 is 1. The third kappa shape index (κ3) is 3.76. The first-order valence-corrected chi connectivity index (χ1v) is 10.7. The molecule has 6 heteroatoms. The molecule has 0 spiro atoms. The van der Waals surface area contributed by atoms with Gasteiger partial charge in [-0.15, -0.1) is 0 Å². The Bertz CT molecular complexity index is 1390. The van der Waals surface area contributed by atoms with Gasteiger partial charge in [0.15, 0.2) is 0 Å². The SMILES string of the molecule is COc1ccc2c(c1)oc(C=CC=CC=C1N(C)c3ccccc3N1c1ccccn1)[n+]2C. The third-order valence-corrected chi connectivity index (χ3v) is 5.71. The zero-order valence-corrected chi connectivity index (χ0v) is 18.8. The highest BCUT2D eigenvalue weighted by Crippen LogP contribution is 2.44. The minimum absolute atomic E-state index is 0.760. The van der Waals surface area contributed by atoms with E-state index in [1.165, 1.54) is 0 Å². The Labute approximate surface area is 193 Å². The summed E-state index contributed by atoms with van der Waals surface area (Å²) in [6.45, 7) is 0. The van der Waals surface area contributed by atoms with Gasteiger partial charge in [0.25, 0.3) is 5.52 Å². The summed E-state index contributed by atoms with van der Waals surface area (Å²) in [4.78, 5) is 8.90. The molecule has 33 heavy (non-hydrogen) atoms. The first-order valence-electron chi connectivity index (χ1n) is 10.7. The van der Waals surface area contributed by atoms with Crippen LogP contribution in [0.3, 0.4) is 0 Å². The lowest BCUT2D eigenvalue weighted by atomic mass is 10.2. The summed E-state index contributed by atoms with van der Waals surface area (Å²) < 4.78 is 13.3. The average Bonchev–Trinajstić information content (AvgIpc) is 3.32. The second-order valence-corrected chi connectivity index (χ2v) is 7.67. The fraction of sp³-hybridized carbons (Fsp3) is 0.111. The summed E-state index contributed by atoms with van der Waals surface area (Å²) in [6, 6.07) is 20.1. The van der Waals surface area contributed by atoms with Crippen molar-refractivity contribution >= 4 is 34.4 Å². The zero-order valence-electron chi connectivity index (χ0n) is 18.8. The average molecular weight is 438 g/mol. The van der Waals surface area contributed by atoms with Gasteiger partial charge in [-0.3, -0.25) is 4.90 Å². The second kappa shape index (κ2) is 8.67. The lowest BCUT2D eigenvalue weighted by Gasteiger charge is -2.21. The van der Waals surface area contributed by atoms with Crippen molar-refractivity contribution in [2.24, 2.45) is 7.05 Å². The van der Waals surface area contributed by atoms with Crippen LogP contribution in [0.15, 0.2) is 101 Å². The molecule has 0 amide bonds. The summed E-state index contributed by atoms with van der Waals surface area (Å²) in [5, 5.41) is 0. The standard InChI is InChI=1S/C27H25N4O2/c1-29-21-11-7-8-12-22(21)31(25-13-9-10-18-28-25)26(29)14-5-4-6-15-27-30(2)23-17-16-20(32-3)19-24(23)33-27/h4-19H,1-3H3/q+1. The van der Waals surface area contributed by atoms with Gasteiger partial charge in [-0.1, -0.05) is 36.4 Å². The number of hydrogen-bond acceptors (Lipinski definition) is 5. The number of nitrogens with zero attached hydrogens (tertiary/aromatic N) is 4. The van der Waals surface area contributed by atoms with Crippen LogP contribution >= 0.6 is 0 Å². The Morgan fingerprint density at radius 2 is 1.79 bits per heavy atom. The Balaban J connectivity index is 1.41. The Morgan fingerprint density at radius 1 is 0.970 bits per heavy atom. The summed E-state index contributed by atoms with van der Waals surface area (Å²) in [5.41, 5.74) is 4.05. The number of fused-ring (bicyclic) bond motifs is 2. The Kier molecular flexibility index (Phi) is 5.40. The fourth-order valence-electron chi connectivity index (χ4n) is 4.02. The summed E-state index contributed by atoms with van der Waals surface area (Å²) in [7, 11) is 5.71. The van der Waals surface area contributed by atoms with E-state index >= 15 is 0 Å². The van der Waals surface area contributed by atoms with Gasteiger partial charge >= 0.3 is 5.89 Å². The van der Waals surface area contributed by atoms with Crippen LogP contribution in [0.25, 0.3) is 17.2 Å². The molecule has 0 aliphatic carbocycles. The number of oxazole rings is 1. The molecule has 0 N–H and O–H groups in total. The van der Waals surface area contributed by atoms with Crippen LogP contribution < -0.4 is 19.1 Å². The van der Waals surface area contributed by atoms with E-state index in [9.17, 15) is 0 Å². The monoisotopic (exact) mass is 437 g/mol. The van der Waals surface area contributed by atoms with Gasteiger partial charge in [0, 0.05) is 25.4 Å². The van der Waals surface area contributed by atoms with Gasteiger partial charge in [0.2, 0.25) is 5.58 Å². The number of hydrogen-bond donors (Lipinski definition) is 0. The number of aromatic nitrogens is 2. The maximum atomic E-state index is 5.98. The zero-order chi connectivity index (χ0) is 22.8. The van der Waals surface area contributed by atoms with Crippen molar-refractivity contribution in [1.29, 1.82) is 0 Å². The first kappa shape index (κ1) is 20.6. The number of ether oxygens (including phenoxy) is 1. The number of rotatable bonds is 5. The van der Waals surface area contributed by atoms with Crippen LogP contribution in [0.1, 0.15) is 5.89 Å². The molecule has 0 saturated heterocycles. The molecule has 164 valence electrons. The van der Waals surface area contributed by atoms with Crippen molar-refractivity contribution < 1.29 is 13.7 Å². The number of anilines is 3. The maximum absolute atomic E-state index is 5.98. The van der Waals surface area contributed by atoms with E-state index in [1.807, 2.05) is 84.6 Å². The van der Waals surface area contributed by atoms with Gasteiger partial charge in [-0.25, -0.2) is 4.98 Å². The van der Waals surface area contributed by atoms with Gasteiger partial charge in [-0.2, -0.15) is 4.57 Å². The topological polar surface area (TPSA) is 45.6 Å². The highest BCUT2D eigenvalue weighted by molar-refractivity contribution is 5.87. The van der Waals surface area contributed by atoms with E-state index < -0.39 is 0 Å². The quantitative estimate of drug-likeness (QED) is 0.311. The molecule has 0 bridgehead atoms. The summed E-state index contributed by atoms with van der Waals surface area (Å²) in [5.74, 6) is 3.45. The molecule has 1 aliphatic heterocycles. The largest absolute Gasteiger partial charge is 0.497 e. The van der Waals surface area contributed by atoms with Crippen LogP contribution in [0.5, 0.6) is 5.75 Å². The second-order valence-electron chi connectivity index (χ2n) is 7.67. The van der Waals surface area contributed by atoms with Crippen molar-refractivity contribution in [2.45, 2.75) is 0 Å². The number of benzene rings is 2. The van der Waals surface area contributed by atoms with Crippen LogP contribution in [0.2, 0.25) is 0 Å². The fourth-order valence-corrected chi connectivity index (χ4v) is 4.02. The van der Waals surface area contributed by atoms with Gasteiger partial charge in [0.1, 0.15) is 24.4 Å². The highest BCUT2D eigenvalue weighted by Gasteiger charge is 2.29. The molecule has 0 fully saturated rings. The molecular formula is C27H25N4O2+. The van der Waals surface area contributed by atoms with E-state index in [0.717, 1.165) is 45.8 Å². The van der Waals surface area contributed by atoms with Crippen LogP contribution in [-0.4, -0.2) is 19.1 Å². The third-order valence-electron chi connectivity index (χ3n) is 5.71.